The molecule has 0 saturated heterocycles. The Morgan fingerprint density at radius 1 is 1.50 bits per heavy atom. The zero-order valence-corrected chi connectivity index (χ0v) is 9.37. The Morgan fingerprint density at radius 3 is 2.81 bits per heavy atom. The van der Waals surface area contributed by atoms with E-state index >= 15 is 0 Å². The van der Waals surface area contributed by atoms with Crippen LogP contribution in [0.5, 0.6) is 0 Å². The Morgan fingerprint density at radius 2 is 2.19 bits per heavy atom. The molecular formula is C12H17FN2O. The van der Waals surface area contributed by atoms with E-state index < -0.39 is 11.9 Å². The van der Waals surface area contributed by atoms with Gasteiger partial charge in [0.15, 0.2) is 0 Å². The summed E-state index contributed by atoms with van der Waals surface area (Å²) in [4.78, 5) is 11.6. The summed E-state index contributed by atoms with van der Waals surface area (Å²) >= 11 is 0. The van der Waals surface area contributed by atoms with Crippen molar-refractivity contribution in [2.45, 2.75) is 32.2 Å². The summed E-state index contributed by atoms with van der Waals surface area (Å²) in [5, 5.41) is 2.48. The molecule has 0 saturated carbocycles. The van der Waals surface area contributed by atoms with Crippen molar-refractivity contribution in [1.82, 2.24) is 0 Å². The third-order valence-electron chi connectivity index (χ3n) is 2.34. The number of carbonyl (C=O) groups excluding carboxylic acids is 1. The molecule has 0 fully saturated rings. The van der Waals surface area contributed by atoms with Crippen LogP contribution >= 0.6 is 0 Å². The molecule has 1 atom stereocenters. The predicted octanol–water partition coefficient (Wildman–Crippen LogP) is 2.28. The summed E-state index contributed by atoms with van der Waals surface area (Å²) in [6.45, 7) is 2.03. The van der Waals surface area contributed by atoms with Crippen molar-refractivity contribution in [3.05, 3.63) is 30.1 Å². The van der Waals surface area contributed by atoms with Crippen molar-refractivity contribution >= 4 is 11.6 Å². The lowest BCUT2D eigenvalue weighted by Gasteiger charge is -2.11. The predicted molar refractivity (Wildman–Crippen MR) is 62.5 cm³/mol. The van der Waals surface area contributed by atoms with Crippen LogP contribution in [0.3, 0.4) is 0 Å². The van der Waals surface area contributed by atoms with E-state index in [1.54, 1.807) is 12.1 Å². The van der Waals surface area contributed by atoms with Gasteiger partial charge >= 0.3 is 0 Å². The fourth-order valence-corrected chi connectivity index (χ4v) is 1.34. The van der Waals surface area contributed by atoms with Gasteiger partial charge in [-0.1, -0.05) is 31.9 Å². The number of hydrogen-bond acceptors (Lipinski definition) is 2. The van der Waals surface area contributed by atoms with E-state index in [-0.39, 0.29) is 11.6 Å². The van der Waals surface area contributed by atoms with Crippen molar-refractivity contribution < 1.29 is 9.18 Å². The first-order valence-electron chi connectivity index (χ1n) is 5.46. The summed E-state index contributed by atoms with van der Waals surface area (Å²) < 4.78 is 13.2. The molecule has 0 heterocycles. The first kappa shape index (κ1) is 12.6. The first-order valence-corrected chi connectivity index (χ1v) is 5.46. The van der Waals surface area contributed by atoms with E-state index in [4.69, 9.17) is 5.73 Å². The lowest BCUT2D eigenvalue weighted by Crippen LogP contribution is -2.35. The maximum atomic E-state index is 13.2. The Labute approximate surface area is 94.8 Å². The van der Waals surface area contributed by atoms with Crippen LogP contribution in [0.1, 0.15) is 26.2 Å². The summed E-state index contributed by atoms with van der Waals surface area (Å²) in [7, 11) is 0. The number of benzene rings is 1. The van der Waals surface area contributed by atoms with Crippen LogP contribution in [-0.4, -0.2) is 11.9 Å². The molecule has 16 heavy (non-hydrogen) atoms. The molecular weight excluding hydrogens is 207 g/mol. The normalized spacial score (nSPS) is 12.2. The summed E-state index contributed by atoms with van der Waals surface area (Å²) in [6, 6.07) is 5.48. The summed E-state index contributed by atoms with van der Waals surface area (Å²) in [6.07, 6.45) is 2.50. The third kappa shape index (κ3) is 3.62. The molecule has 1 unspecified atom stereocenters. The highest BCUT2D eigenvalue weighted by Crippen LogP contribution is 2.13. The molecule has 0 spiro atoms. The van der Waals surface area contributed by atoms with E-state index in [1.165, 1.54) is 12.1 Å². The maximum absolute atomic E-state index is 13.2. The van der Waals surface area contributed by atoms with Gasteiger partial charge in [0.25, 0.3) is 0 Å². The van der Waals surface area contributed by atoms with E-state index in [2.05, 4.69) is 5.32 Å². The topological polar surface area (TPSA) is 55.1 Å². The van der Waals surface area contributed by atoms with Crippen LogP contribution in [0.2, 0.25) is 0 Å². The van der Waals surface area contributed by atoms with Gasteiger partial charge in [-0.2, -0.15) is 0 Å². The molecule has 0 aliphatic rings. The maximum Gasteiger partial charge on any atom is 0.241 e. The van der Waals surface area contributed by atoms with Gasteiger partial charge in [0, 0.05) is 0 Å². The van der Waals surface area contributed by atoms with Crippen LogP contribution in [0.25, 0.3) is 0 Å². The quantitative estimate of drug-likeness (QED) is 0.806. The third-order valence-corrected chi connectivity index (χ3v) is 2.34. The minimum atomic E-state index is -0.570. The van der Waals surface area contributed by atoms with E-state index in [0.29, 0.717) is 6.42 Å². The average Bonchev–Trinajstić information content (AvgIpc) is 2.28. The Bertz CT molecular complexity index is 355. The lowest BCUT2D eigenvalue weighted by molar-refractivity contribution is -0.117. The highest BCUT2D eigenvalue weighted by Gasteiger charge is 2.14. The number of anilines is 1. The van der Waals surface area contributed by atoms with Gasteiger partial charge in [-0.05, 0) is 18.6 Å². The van der Waals surface area contributed by atoms with Crippen molar-refractivity contribution in [1.29, 1.82) is 0 Å². The van der Waals surface area contributed by atoms with E-state index in [1.807, 2.05) is 6.92 Å². The van der Waals surface area contributed by atoms with Crippen molar-refractivity contribution in [3.63, 3.8) is 0 Å². The second-order valence-electron chi connectivity index (χ2n) is 3.72. The number of halogens is 1. The molecule has 4 heteroatoms. The van der Waals surface area contributed by atoms with Gasteiger partial charge in [0.05, 0.1) is 11.7 Å². The molecule has 1 aromatic rings. The minimum Gasteiger partial charge on any atom is -0.322 e. The number of para-hydroxylation sites is 1. The molecule has 0 bridgehead atoms. The van der Waals surface area contributed by atoms with E-state index in [0.717, 1.165) is 12.8 Å². The van der Waals surface area contributed by atoms with Crippen LogP contribution in [0, 0.1) is 5.82 Å². The van der Waals surface area contributed by atoms with Crippen LogP contribution < -0.4 is 11.1 Å². The number of amides is 1. The SMILES string of the molecule is CCCCC(N)C(=O)Nc1ccccc1F. The van der Waals surface area contributed by atoms with Gasteiger partial charge in [0.1, 0.15) is 5.82 Å². The van der Waals surface area contributed by atoms with Gasteiger partial charge in [-0.15, -0.1) is 0 Å². The molecule has 0 radical (unpaired) electrons. The molecule has 3 nitrogen and oxygen atoms in total. The molecule has 1 aromatic carbocycles. The van der Waals surface area contributed by atoms with Gasteiger partial charge in [0.2, 0.25) is 5.91 Å². The Hall–Kier alpha value is -1.42. The molecule has 0 aliphatic heterocycles. The summed E-state index contributed by atoms with van der Waals surface area (Å²) in [5.74, 6) is -0.780. The minimum absolute atomic E-state index is 0.180. The van der Waals surface area contributed by atoms with Crippen LogP contribution in [0.4, 0.5) is 10.1 Å². The number of nitrogens with one attached hydrogen (secondary N) is 1. The van der Waals surface area contributed by atoms with Gasteiger partial charge < -0.3 is 11.1 Å². The molecule has 1 rings (SSSR count). The number of unbranched alkanes of at least 4 members (excludes halogenated alkanes) is 1. The molecule has 0 aliphatic carbocycles. The molecule has 88 valence electrons. The fraction of sp³-hybridized carbons (Fsp3) is 0.417. The number of rotatable bonds is 5. The monoisotopic (exact) mass is 224 g/mol. The molecule has 3 N–H and O–H groups in total. The Kier molecular flexibility index (Phi) is 4.92. The average molecular weight is 224 g/mol. The van der Waals surface area contributed by atoms with Crippen LogP contribution in [-0.2, 0) is 4.79 Å². The highest BCUT2D eigenvalue weighted by atomic mass is 19.1. The second-order valence-corrected chi connectivity index (χ2v) is 3.72. The summed E-state index contributed by atoms with van der Waals surface area (Å²) in [5.41, 5.74) is 5.85. The molecule has 0 aromatic heterocycles. The van der Waals surface area contributed by atoms with Gasteiger partial charge in [-0.3, -0.25) is 4.79 Å². The Balaban J connectivity index is 2.54. The van der Waals surface area contributed by atoms with Gasteiger partial charge in [-0.25, -0.2) is 4.39 Å². The largest absolute Gasteiger partial charge is 0.322 e. The van der Waals surface area contributed by atoms with Crippen molar-refractivity contribution in [3.8, 4) is 0 Å². The van der Waals surface area contributed by atoms with Crippen molar-refractivity contribution in [2.24, 2.45) is 5.73 Å². The fourth-order valence-electron chi connectivity index (χ4n) is 1.34. The standard InChI is InChI=1S/C12H17FN2O/c1-2-3-7-10(14)12(16)15-11-8-5-4-6-9(11)13/h4-6,8,10H,2-3,7,14H2,1H3,(H,15,16). The zero-order valence-electron chi connectivity index (χ0n) is 9.37. The zero-order chi connectivity index (χ0) is 12.0. The van der Waals surface area contributed by atoms with Crippen LogP contribution in [0.15, 0.2) is 24.3 Å². The number of nitrogens with two attached hydrogens (primary N) is 1. The number of carbonyl (C=O) groups is 1. The smallest absolute Gasteiger partial charge is 0.241 e. The lowest BCUT2D eigenvalue weighted by atomic mass is 10.1. The number of hydrogen-bond donors (Lipinski definition) is 2. The van der Waals surface area contributed by atoms with E-state index in [9.17, 15) is 9.18 Å². The second kappa shape index (κ2) is 6.23. The van der Waals surface area contributed by atoms with Crippen molar-refractivity contribution in [2.75, 3.05) is 5.32 Å². The molecule has 1 amide bonds. The highest BCUT2D eigenvalue weighted by molar-refractivity contribution is 5.94. The first-order chi connectivity index (χ1) is 7.65.